The molecular weight excluding hydrogens is 488 g/mol. The van der Waals surface area contributed by atoms with Gasteiger partial charge in [-0.05, 0) is 0 Å². The molecule has 1 aromatic heterocycles. The monoisotopic (exact) mass is 525 g/mol. The third kappa shape index (κ3) is 6.42. The number of ether oxygens (including phenoxy) is 1. The van der Waals surface area contributed by atoms with Gasteiger partial charge in [-0.25, -0.2) is 0 Å². The molecule has 0 fully saturated rings. The molecule has 0 spiro atoms. The van der Waals surface area contributed by atoms with Crippen molar-refractivity contribution in [3.8, 4) is 11.4 Å². The summed E-state index contributed by atoms with van der Waals surface area (Å²) in [6.07, 6.45) is 13.3. The van der Waals surface area contributed by atoms with E-state index in [9.17, 15) is 9.50 Å². The van der Waals surface area contributed by atoms with Crippen LogP contribution in [0, 0.1) is 5.82 Å². The van der Waals surface area contributed by atoms with E-state index in [4.69, 9.17) is 4.74 Å². The van der Waals surface area contributed by atoms with Gasteiger partial charge in [0.15, 0.2) is 0 Å². The van der Waals surface area contributed by atoms with E-state index in [0.29, 0.717) is 9.12 Å². The predicted molar refractivity (Wildman–Crippen MR) is 120 cm³/mol. The average molecular weight is 524 g/mol. The Kier molecular flexibility index (Phi) is 10.6. The van der Waals surface area contributed by atoms with Crippen LogP contribution >= 0.6 is 0 Å². The zero-order valence-electron chi connectivity index (χ0n) is 18.9. The van der Waals surface area contributed by atoms with Crippen LogP contribution in [0.4, 0.5) is 4.39 Å². The van der Waals surface area contributed by atoms with Crippen molar-refractivity contribution in [3.63, 3.8) is 0 Å². The Balaban J connectivity index is 2.33. The van der Waals surface area contributed by atoms with Crippen molar-refractivity contribution in [1.82, 2.24) is 15.0 Å². The Bertz CT molecular complexity index is 760. The van der Waals surface area contributed by atoms with Crippen LogP contribution in [0.3, 0.4) is 0 Å². The number of halogens is 1. The molecule has 166 valence electrons. The second-order valence-electron chi connectivity index (χ2n) is 8.00. The van der Waals surface area contributed by atoms with E-state index < -0.39 is 33.6 Å². The number of aliphatic hydroxyl groups is 1. The van der Waals surface area contributed by atoms with Gasteiger partial charge >= 0.3 is 191 Å². The fraction of sp³-hybridized carbons (Fsp3) is 0.652. The van der Waals surface area contributed by atoms with Crippen molar-refractivity contribution in [1.29, 1.82) is 0 Å². The normalized spacial score (nSPS) is 11.8. The molecule has 2 aromatic rings. The summed E-state index contributed by atoms with van der Waals surface area (Å²) in [5.74, 6) is -0.421. The molecule has 0 unspecified atom stereocenters. The number of methoxy groups -OCH3 is 1. The molecule has 2 radical (unpaired) electrons. The van der Waals surface area contributed by atoms with Gasteiger partial charge in [-0.15, -0.1) is 0 Å². The summed E-state index contributed by atoms with van der Waals surface area (Å²) in [7, 11) is 1.42. The van der Waals surface area contributed by atoms with Crippen LogP contribution < -0.4 is 8.45 Å². The number of aromatic nitrogens is 3. The van der Waals surface area contributed by atoms with E-state index >= 15 is 0 Å². The van der Waals surface area contributed by atoms with Crippen LogP contribution in [0.25, 0.3) is 5.69 Å². The van der Waals surface area contributed by atoms with Gasteiger partial charge in [-0.2, -0.15) is 0 Å². The first-order chi connectivity index (χ1) is 14.5. The quantitative estimate of drug-likeness (QED) is 0.355. The Hall–Kier alpha value is -1.15. The van der Waals surface area contributed by atoms with Gasteiger partial charge in [-0.1, -0.05) is 0 Å². The molecule has 1 N–H and O–H groups in total. The Labute approximate surface area is 190 Å². The van der Waals surface area contributed by atoms with Crippen LogP contribution in [0.5, 0.6) is 5.75 Å². The van der Waals surface area contributed by atoms with Gasteiger partial charge < -0.3 is 0 Å². The van der Waals surface area contributed by atoms with E-state index in [2.05, 4.69) is 31.1 Å². The summed E-state index contributed by atoms with van der Waals surface area (Å²) in [4.78, 5) is 0. The molecule has 30 heavy (non-hydrogen) atoms. The van der Waals surface area contributed by atoms with Crippen LogP contribution in [-0.4, -0.2) is 48.4 Å². The fourth-order valence-electron chi connectivity index (χ4n) is 3.93. The number of aliphatic hydroxyl groups excluding tert-OH is 1. The van der Waals surface area contributed by atoms with Gasteiger partial charge in [0.2, 0.25) is 0 Å². The topological polar surface area (TPSA) is 60.2 Å². The van der Waals surface area contributed by atoms with Crippen LogP contribution in [0.15, 0.2) is 18.3 Å². The van der Waals surface area contributed by atoms with E-state index in [1.54, 1.807) is 16.8 Å². The van der Waals surface area contributed by atoms with Gasteiger partial charge in [0, 0.05) is 0 Å². The van der Waals surface area contributed by atoms with Crippen molar-refractivity contribution in [2.45, 2.75) is 88.6 Å². The maximum atomic E-state index is 14.6. The number of benzene rings is 1. The minimum atomic E-state index is -1.01. The van der Waals surface area contributed by atoms with E-state index in [0.717, 1.165) is 3.71 Å². The molecule has 0 aliphatic heterocycles. The molecule has 0 amide bonds. The second-order valence-corrected chi connectivity index (χ2v) is 13.2. The molecule has 2 rings (SSSR count). The fourth-order valence-corrected chi connectivity index (χ4v) is 8.87. The molecule has 0 atom stereocenters. The molecular formula is C23H36FN3O2Sn. The standard InChI is InChI=1S/C13H27.C10H9FN3O2.Sn/c1-4-7-10-13(11-8-5-2)12-9-6-3;1-16-9-3-2-8(7(6-15)10(9)11)14-5-4-12-13-14;/h4-12H2,1-3H3;2-3,5,15H,6H2,1H3;. The first-order valence-corrected chi connectivity index (χ1v) is 14.1. The summed E-state index contributed by atoms with van der Waals surface area (Å²) in [6, 6.07) is 3.30. The number of rotatable bonds is 14. The second kappa shape index (κ2) is 12.6. The summed E-state index contributed by atoms with van der Waals surface area (Å²) in [5, 5.41) is 18.5. The van der Waals surface area contributed by atoms with Crippen LogP contribution in [0.1, 0.15) is 84.1 Å². The van der Waals surface area contributed by atoms with Crippen LogP contribution in [-0.2, 0) is 6.61 Å². The van der Waals surface area contributed by atoms with E-state index in [1.165, 1.54) is 64.9 Å². The Morgan fingerprint density at radius 1 is 1.07 bits per heavy atom. The molecule has 0 bridgehead atoms. The molecule has 5 nitrogen and oxygen atoms in total. The summed E-state index contributed by atoms with van der Waals surface area (Å²) < 4.78 is 22.8. The van der Waals surface area contributed by atoms with Crippen molar-refractivity contribution < 1.29 is 14.2 Å². The van der Waals surface area contributed by atoms with Gasteiger partial charge in [-0.3, -0.25) is 0 Å². The van der Waals surface area contributed by atoms with E-state index in [1.807, 2.05) is 6.20 Å². The predicted octanol–water partition coefficient (Wildman–Crippen LogP) is 4.97. The average Bonchev–Trinajstić information content (AvgIpc) is 3.22. The first-order valence-electron chi connectivity index (χ1n) is 11.2. The van der Waals surface area contributed by atoms with Gasteiger partial charge in [0.1, 0.15) is 0 Å². The van der Waals surface area contributed by atoms with Crippen molar-refractivity contribution >= 4 is 24.9 Å². The summed E-state index contributed by atoms with van der Waals surface area (Å²) >= 11 is -1.01. The van der Waals surface area contributed by atoms with E-state index in [-0.39, 0.29) is 11.3 Å². The Morgan fingerprint density at radius 3 is 2.17 bits per heavy atom. The van der Waals surface area contributed by atoms with Gasteiger partial charge in [0.25, 0.3) is 0 Å². The molecule has 7 heteroatoms. The molecule has 1 aromatic carbocycles. The van der Waals surface area contributed by atoms with Gasteiger partial charge in [0.05, 0.1) is 0 Å². The maximum absolute atomic E-state index is 14.6. The molecule has 0 saturated carbocycles. The number of unbranched alkanes of at least 4 members (excludes halogenated alkanes) is 3. The zero-order chi connectivity index (χ0) is 22.0. The molecule has 0 aliphatic rings. The first kappa shape index (κ1) is 25.1. The number of hydrogen-bond donors (Lipinski definition) is 1. The minimum absolute atomic E-state index is 0.123. The molecule has 0 aliphatic carbocycles. The molecule has 1 heterocycles. The summed E-state index contributed by atoms with van der Waals surface area (Å²) in [6.45, 7) is 6.38. The number of nitrogens with zero attached hydrogens (tertiary/aromatic N) is 3. The SMILES string of the molecule is CCCC[C](CCCC)(CCCC)[Sn][c]1cn(-c2ccc(OC)c(F)c2CO)nn1. The third-order valence-electron chi connectivity index (χ3n) is 5.72. The third-order valence-corrected chi connectivity index (χ3v) is 10.8. The van der Waals surface area contributed by atoms with Crippen molar-refractivity contribution in [2.24, 2.45) is 0 Å². The van der Waals surface area contributed by atoms with Crippen molar-refractivity contribution in [2.75, 3.05) is 7.11 Å². The summed E-state index contributed by atoms with van der Waals surface area (Å²) in [5.41, 5.74) is 0.709. The van der Waals surface area contributed by atoms with Crippen molar-refractivity contribution in [3.05, 3.63) is 29.7 Å². The van der Waals surface area contributed by atoms with Crippen LogP contribution in [0.2, 0.25) is 3.43 Å². The Morgan fingerprint density at radius 2 is 1.67 bits per heavy atom. The molecule has 0 saturated heterocycles. The zero-order valence-corrected chi connectivity index (χ0v) is 21.7. The number of hydrogen-bond acceptors (Lipinski definition) is 4.